The van der Waals surface area contributed by atoms with Crippen LogP contribution in [0.4, 0.5) is 0 Å². The molecule has 1 fully saturated rings. The molecule has 0 aliphatic heterocycles. The number of amides is 1. The Balaban J connectivity index is 2.07. The van der Waals surface area contributed by atoms with Crippen molar-refractivity contribution in [2.75, 3.05) is 6.61 Å². The van der Waals surface area contributed by atoms with Gasteiger partial charge in [0.2, 0.25) is 0 Å². The topological polar surface area (TPSA) is 84.2 Å². The van der Waals surface area contributed by atoms with Gasteiger partial charge in [-0.1, -0.05) is 32.6 Å². The summed E-state index contributed by atoms with van der Waals surface area (Å²) in [5.41, 5.74) is 0.0867. The summed E-state index contributed by atoms with van der Waals surface area (Å²) < 4.78 is 1.36. The van der Waals surface area contributed by atoms with Crippen molar-refractivity contribution in [1.82, 2.24) is 15.1 Å². The molecule has 1 aliphatic carbocycles. The molecule has 0 aromatic carbocycles. The zero-order valence-corrected chi connectivity index (χ0v) is 14.5. The first-order valence-corrected chi connectivity index (χ1v) is 9.15. The molecule has 134 valence electrons. The SMILES string of the molecule is CCCCn1nc(C(=O)NC(CCO)C2CCCCC2)ccc1=O. The predicted molar refractivity (Wildman–Crippen MR) is 92.9 cm³/mol. The van der Waals surface area contributed by atoms with E-state index >= 15 is 0 Å². The van der Waals surface area contributed by atoms with Gasteiger partial charge in [-0.15, -0.1) is 0 Å². The average molecular weight is 335 g/mol. The van der Waals surface area contributed by atoms with Crippen LogP contribution in [0.3, 0.4) is 0 Å². The zero-order chi connectivity index (χ0) is 17.4. The van der Waals surface area contributed by atoms with Crippen molar-refractivity contribution in [2.45, 2.75) is 70.9 Å². The van der Waals surface area contributed by atoms with Gasteiger partial charge in [0.25, 0.3) is 11.5 Å². The fourth-order valence-electron chi connectivity index (χ4n) is 3.38. The minimum absolute atomic E-state index is 0.0272. The second-order valence-electron chi connectivity index (χ2n) is 6.62. The number of carbonyl (C=O) groups excluding carboxylic acids is 1. The summed E-state index contributed by atoms with van der Waals surface area (Å²) in [6.45, 7) is 2.63. The summed E-state index contributed by atoms with van der Waals surface area (Å²) in [6.07, 6.45) is 8.18. The number of carbonyl (C=O) groups is 1. The van der Waals surface area contributed by atoms with Gasteiger partial charge >= 0.3 is 0 Å². The van der Waals surface area contributed by atoms with Gasteiger partial charge in [-0.3, -0.25) is 9.59 Å². The maximum atomic E-state index is 12.5. The Kier molecular flexibility index (Phi) is 7.43. The Labute approximate surface area is 143 Å². The maximum Gasteiger partial charge on any atom is 0.271 e. The molecule has 0 radical (unpaired) electrons. The third kappa shape index (κ3) is 5.16. The minimum atomic E-state index is -0.260. The van der Waals surface area contributed by atoms with E-state index in [9.17, 15) is 14.7 Å². The van der Waals surface area contributed by atoms with E-state index in [1.165, 1.54) is 36.1 Å². The summed E-state index contributed by atoms with van der Waals surface area (Å²) >= 11 is 0. The predicted octanol–water partition coefficient (Wildman–Crippen LogP) is 2.10. The van der Waals surface area contributed by atoms with E-state index in [0.717, 1.165) is 25.7 Å². The first-order valence-electron chi connectivity index (χ1n) is 9.15. The van der Waals surface area contributed by atoms with Crippen molar-refractivity contribution in [3.05, 3.63) is 28.2 Å². The third-order valence-electron chi connectivity index (χ3n) is 4.80. The Hall–Kier alpha value is -1.69. The highest BCUT2D eigenvalue weighted by atomic mass is 16.3. The Morgan fingerprint density at radius 3 is 2.79 bits per heavy atom. The van der Waals surface area contributed by atoms with Crippen LogP contribution in [-0.4, -0.2) is 33.4 Å². The molecule has 0 bridgehead atoms. The average Bonchev–Trinajstić information content (AvgIpc) is 2.61. The van der Waals surface area contributed by atoms with Crippen LogP contribution in [0.1, 0.15) is 68.8 Å². The maximum absolute atomic E-state index is 12.5. The third-order valence-corrected chi connectivity index (χ3v) is 4.80. The molecule has 2 rings (SSSR count). The second-order valence-corrected chi connectivity index (χ2v) is 6.62. The summed E-state index contributed by atoms with van der Waals surface area (Å²) in [6, 6.07) is 2.86. The number of aliphatic hydroxyl groups excluding tert-OH is 1. The van der Waals surface area contributed by atoms with Crippen LogP contribution in [0.15, 0.2) is 16.9 Å². The highest BCUT2D eigenvalue weighted by Crippen LogP contribution is 2.27. The summed E-state index contributed by atoms with van der Waals surface area (Å²) in [5.74, 6) is 0.158. The van der Waals surface area contributed by atoms with Crippen LogP contribution in [0, 0.1) is 5.92 Å². The molecule has 1 unspecified atom stereocenters. The largest absolute Gasteiger partial charge is 0.396 e. The molecular weight excluding hydrogens is 306 g/mol. The van der Waals surface area contributed by atoms with Crippen LogP contribution in [0.2, 0.25) is 0 Å². The molecule has 1 aromatic rings. The number of aryl methyl sites for hydroxylation is 1. The minimum Gasteiger partial charge on any atom is -0.396 e. The van der Waals surface area contributed by atoms with Crippen molar-refractivity contribution < 1.29 is 9.90 Å². The fraction of sp³-hybridized carbons (Fsp3) is 0.722. The number of aromatic nitrogens is 2. The first-order chi connectivity index (χ1) is 11.7. The number of nitrogens with zero attached hydrogens (tertiary/aromatic N) is 2. The van der Waals surface area contributed by atoms with Gasteiger partial charge in [-0.2, -0.15) is 5.10 Å². The second kappa shape index (κ2) is 9.57. The van der Waals surface area contributed by atoms with Gasteiger partial charge in [-0.05, 0) is 37.7 Å². The van der Waals surface area contributed by atoms with Crippen LogP contribution < -0.4 is 10.9 Å². The smallest absolute Gasteiger partial charge is 0.271 e. The lowest BCUT2D eigenvalue weighted by molar-refractivity contribution is 0.0892. The van der Waals surface area contributed by atoms with E-state index in [0.29, 0.717) is 18.9 Å². The first kappa shape index (κ1) is 18.6. The van der Waals surface area contributed by atoms with Gasteiger partial charge in [0.05, 0.1) is 0 Å². The fourth-order valence-corrected chi connectivity index (χ4v) is 3.38. The molecule has 6 nitrogen and oxygen atoms in total. The molecule has 1 aromatic heterocycles. The van der Waals surface area contributed by atoms with E-state index in [-0.39, 0.29) is 29.8 Å². The number of hydrogen-bond acceptors (Lipinski definition) is 4. The van der Waals surface area contributed by atoms with E-state index in [4.69, 9.17) is 0 Å². The molecule has 1 atom stereocenters. The molecule has 0 spiro atoms. The Morgan fingerprint density at radius 2 is 2.12 bits per heavy atom. The summed E-state index contributed by atoms with van der Waals surface area (Å²) in [7, 11) is 0. The van der Waals surface area contributed by atoms with Crippen molar-refractivity contribution in [2.24, 2.45) is 5.92 Å². The Morgan fingerprint density at radius 1 is 1.38 bits per heavy atom. The number of rotatable bonds is 8. The Bertz CT molecular complexity index is 579. The zero-order valence-electron chi connectivity index (χ0n) is 14.5. The number of aliphatic hydroxyl groups is 1. The molecule has 24 heavy (non-hydrogen) atoms. The van der Waals surface area contributed by atoms with Gasteiger partial charge < -0.3 is 10.4 Å². The van der Waals surface area contributed by atoms with Gasteiger partial charge in [0.15, 0.2) is 0 Å². The van der Waals surface area contributed by atoms with E-state index in [2.05, 4.69) is 10.4 Å². The molecular formula is C18H29N3O3. The van der Waals surface area contributed by atoms with Crippen molar-refractivity contribution in [3.8, 4) is 0 Å². The molecule has 1 heterocycles. The van der Waals surface area contributed by atoms with Crippen LogP contribution in [0.25, 0.3) is 0 Å². The van der Waals surface area contributed by atoms with Gasteiger partial charge in [0, 0.05) is 25.3 Å². The highest BCUT2D eigenvalue weighted by Gasteiger charge is 2.25. The van der Waals surface area contributed by atoms with E-state index < -0.39 is 0 Å². The van der Waals surface area contributed by atoms with Gasteiger partial charge in [-0.25, -0.2) is 4.68 Å². The van der Waals surface area contributed by atoms with Crippen molar-refractivity contribution >= 4 is 5.91 Å². The standard InChI is InChI=1S/C18H29N3O3/c1-2-3-12-21-17(23)10-9-16(20-21)18(24)19-15(11-13-22)14-7-5-4-6-8-14/h9-10,14-15,22H,2-8,11-13H2,1H3,(H,19,24). The van der Waals surface area contributed by atoms with Crippen LogP contribution in [0.5, 0.6) is 0 Å². The number of nitrogens with one attached hydrogen (secondary N) is 1. The molecule has 2 N–H and O–H groups in total. The summed E-state index contributed by atoms with van der Waals surface area (Å²) in [5, 5.41) is 16.5. The number of hydrogen-bond donors (Lipinski definition) is 2. The van der Waals surface area contributed by atoms with Crippen LogP contribution >= 0.6 is 0 Å². The normalized spacial score (nSPS) is 16.8. The lowest BCUT2D eigenvalue weighted by atomic mass is 9.82. The lowest BCUT2D eigenvalue weighted by Gasteiger charge is -2.30. The molecule has 1 saturated carbocycles. The number of unbranched alkanes of at least 4 members (excludes halogenated alkanes) is 1. The van der Waals surface area contributed by atoms with Crippen molar-refractivity contribution in [3.63, 3.8) is 0 Å². The van der Waals surface area contributed by atoms with E-state index in [1.54, 1.807) is 0 Å². The van der Waals surface area contributed by atoms with Crippen molar-refractivity contribution in [1.29, 1.82) is 0 Å². The monoisotopic (exact) mass is 335 g/mol. The molecule has 6 heteroatoms. The van der Waals surface area contributed by atoms with Crippen LogP contribution in [-0.2, 0) is 6.54 Å². The summed E-state index contributed by atoms with van der Waals surface area (Å²) in [4.78, 5) is 24.3. The molecule has 0 saturated heterocycles. The molecule has 1 aliphatic rings. The quantitative estimate of drug-likeness (QED) is 0.762. The van der Waals surface area contributed by atoms with E-state index in [1.807, 2.05) is 6.92 Å². The van der Waals surface area contributed by atoms with Gasteiger partial charge in [0.1, 0.15) is 5.69 Å². The lowest BCUT2D eigenvalue weighted by Crippen LogP contribution is -2.42. The molecule has 1 amide bonds. The highest BCUT2D eigenvalue weighted by molar-refractivity contribution is 5.92.